The van der Waals surface area contributed by atoms with Gasteiger partial charge in [0.25, 0.3) is 0 Å². The van der Waals surface area contributed by atoms with Crippen LogP contribution in [0.15, 0.2) is 0 Å². The Balaban J connectivity index is 1.41. The van der Waals surface area contributed by atoms with E-state index in [1.54, 1.807) is 0 Å². The van der Waals surface area contributed by atoms with Crippen molar-refractivity contribution in [3.05, 3.63) is 0 Å². The molecule has 1 atom stereocenters. The number of piperidine rings is 1. The predicted molar refractivity (Wildman–Crippen MR) is 80.5 cm³/mol. The van der Waals surface area contributed by atoms with E-state index < -0.39 is 0 Å². The Hall–Kier alpha value is -0.120. The van der Waals surface area contributed by atoms with Crippen LogP contribution < -0.4 is 5.32 Å². The Kier molecular flexibility index (Phi) is 7.18. The van der Waals surface area contributed by atoms with Gasteiger partial charge in [-0.15, -0.1) is 0 Å². The zero-order valence-corrected chi connectivity index (χ0v) is 12.7. The number of unbranched alkanes of at least 4 members (excludes halogenated alkanes) is 3. The largest absolute Gasteiger partial charge is 0.384 e. The van der Waals surface area contributed by atoms with Crippen molar-refractivity contribution >= 4 is 0 Å². The van der Waals surface area contributed by atoms with Crippen molar-refractivity contribution in [3.63, 3.8) is 0 Å². The molecular weight excluding hydrogens is 236 g/mol. The fraction of sp³-hybridized carbons (Fsp3) is 1.00. The summed E-state index contributed by atoms with van der Waals surface area (Å²) in [6.45, 7) is 6.06. The van der Waals surface area contributed by atoms with Gasteiger partial charge in [-0.25, -0.2) is 0 Å². The molecule has 0 amide bonds. The molecule has 2 rings (SSSR count). The highest BCUT2D eigenvalue weighted by atomic mass is 16.5. The molecular formula is C16H32N2O. The van der Waals surface area contributed by atoms with Crippen LogP contribution in [0.3, 0.4) is 0 Å². The Labute approximate surface area is 119 Å². The molecule has 2 fully saturated rings. The molecule has 3 heteroatoms. The van der Waals surface area contributed by atoms with E-state index in [1.165, 1.54) is 77.5 Å². The van der Waals surface area contributed by atoms with E-state index in [9.17, 15) is 0 Å². The maximum atomic E-state index is 5.29. The van der Waals surface area contributed by atoms with E-state index in [-0.39, 0.29) is 0 Å². The van der Waals surface area contributed by atoms with Gasteiger partial charge in [0.05, 0.1) is 6.61 Å². The topological polar surface area (TPSA) is 24.5 Å². The second-order valence-corrected chi connectivity index (χ2v) is 6.41. The summed E-state index contributed by atoms with van der Waals surface area (Å²) in [6.07, 6.45) is 11.1. The lowest BCUT2D eigenvalue weighted by Crippen LogP contribution is -2.37. The van der Waals surface area contributed by atoms with Crippen LogP contribution in [-0.4, -0.2) is 50.8 Å². The van der Waals surface area contributed by atoms with Crippen LogP contribution in [0.2, 0.25) is 0 Å². The number of hydrogen-bond acceptors (Lipinski definition) is 3. The van der Waals surface area contributed by atoms with E-state index >= 15 is 0 Å². The summed E-state index contributed by atoms with van der Waals surface area (Å²) in [5.41, 5.74) is 0. The summed E-state index contributed by atoms with van der Waals surface area (Å²) in [5, 5.41) is 3.59. The summed E-state index contributed by atoms with van der Waals surface area (Å²) in [6, 6.07) is 0.881. The van der Waals surface area contributed by atoms with Gasteiger partial charge in [-0.1, -0.05) is 12.8 Å². The van der Waals surface area contributed by atoms with Crippen LogP contribution >= 0.6 is 0 Å². The average Bonchev–Trinajstić information content (AvgIpc) is 3.23. The number of nitrogens with zero attached hydrogens (tertiary/aromatic N) is 1. The van der Waals surface area contributed by atoms with Gasteiger partial charge in [0.2, 0.25) is 0 Å². The van der Waals surface area contributed by atoms with E-state index in [0.29, 0.717) is 0 Å². The van der Waals surface area contributed by atoms with Gasteiger partial charge in [0, 0.05) is 19.7 Å². The van der Waals surface area contributed by atoms with Gasteiger partial charge < -0.3 is 15.0 Å². The third-order valence-electron chi connectivity index (χ3n) is 4.42. The van der Waals surface area contributed by atoms with Crippen LogP contribution in [0.1, 0.15) is 51.4 Å². The maximum Gasteiger partial charge on any atom is 0.0502 e. The molecule has 1 N–H and O–H groups in total. The predicted octanol–water partition coefficient (Wildman–Crippen LogP) is 2.66. The van der Waals surface area contributed by atoms with Crippen molar-refractivity contribution in [3.8, 4) is 0 Å². The number of methoxy groups -OCH3 is 1. The third kappa shape index (κ3) is 6.73. The number of likely N-dealkylation sites (tertiary alicyclic amines) is 1. The summed E-state index contributed by atoms with van der Waals surface area (Å²) < 4.78 is 5.29. The van der Waals surface area contributed by atoms with Gasteiger partial charge in [0.1, 0.15) is 0 Å². The molecule has 0 aromatic heterocycles. The second kappa shape index (κ2) is 8.93. The summed E-state index contributed by atoms with van der Waals surface area (Å²) in [5.74, 6) is 0.779. The summed E-state index contributed by atoms with van der Waals surface area (Å²) in [7, 11) is 1.83. The molecule has 1 unspecified atom stereocenters. The van der Waals surface area contributed by atoms with E-state index in [4.69, 9.17) is 4.74 Å². The minimum absolute atomic E-state index is 0.779. The van der Waals surface area contributed by atoms with Crippen molar-refractivity contribution < 1.29 is 4.74 Å². The smallest absolute Gasteiger partial charge is 0.0502 e. The lowest BCUT2D eigenvalue weighted by molar-refractivity contribution is 0.0898. The lowest BCUT2D eigenvalue weighted by atomic mass is 9.98. The first-order valence-corrected chi connectivity index (χ1v) is 8.33. The van der Waals surface area contributed by atoms with Crippen LogP contribution in [0.25, 0.3) is 0 Å². The molecule has 112 valence electrons. The van der Waals surface area contributed by atoms with Gasteiger partial charge in [-0.05, 0) is 64.1 Å². The molecule has 1 aliphatic heterocycles. The molecule has 1 saturated carbocycles. The van der Waals surface area contributed by atoms with Gasteiger partial charge in [-0.3, -0.25) is 0 Å². The fourth-order valence-electron chi connectivity index (χ4n) is 3.13. The van der Waals surface area contributed by atoms with Crippen molar-refractivity contribution in [2.24, 2.45) is 5.92 Å². The maximum absolute atomic E-state index is 5.29. The zero-order chi connectivity index (χ0) is 13.3. The Morgan fingerprint density at radius 3 is 2.74 bits per heavy atom. The minimum atomic E-state index is 0.779. The highest BCUT2D eigenvalue weighted by Crippen LogP contribution is 2.19. The Morgan fingerprint density at radius 1 is 1.11 bits per heavy atom. The molecule has 0 aromatic rings. The average molecular weight is 268 g/mol. The monoisotopic (exact) mass is 268 g/mol. The lowest BCUT2D eigenvalue weighted by Gasteiger charge is -2.32. The molecule has 19 heavy (non-hydrogen) atoms. The van der Waals surface area contributed by atoms with E-state index in [2.05, 4.69) is 10.2 Å². The van der Waals surface area contributed by atoms with Crippen molar-refractivity contribution in [2.45, 2.75) is 57.4 Å². The van der Waals surface area contributed by atoms with Crippen LogP contribution in [0.4, 0.5) is 0 Å². The van der Waals surface area contributed by atoms with Gasteiger partial charge in [0.15, 0.2) is 0 Å². The van der Waals surface area contributed by atoms with Gasteiger partial charge in [-0.2, -0.15) is 0 Å². The van der Waals surface area contributed by atoms with Crippen LogP contribution in [0, 0.1) is 5.92 Å². The molecule has 2 aliphatic rings. The van der Waals surface area contributed by atoms with E-state index in [0.717, 1.165) is 18.6 Å². The quantitative estimate of drug-likeness (QED) is 0.617. The highest BCUT2D eigenvalue weighted by Gasteiger charge is 2.20. The van der Waals surface area contributed by atoms with Crippen LogP contribution in [-0.2, 0) is 4.74 Å². The number of ether oxygens (including phenoxy) is 1. The minimum Gasteiger partial charge on any atom is -0.384 e. The summed E-state index contributed by atoms with van der Waals surface area (Å²) in [4.78, 5) is 2.65. The number of rotatable bonds is 10. The standard InChI is InChI=1S/C16H32N2O/c1-19-14-15-7-6-12-18(13-15)11-5-3-2-4-10-17-16-8-9-16/h15-17H,2-14H2,1H3. The van der Waals surface area contributed by atoms with E-state index in [1.807, 2.05) is 7.11 Å². The molecule has 0 bridgehead atoms. The Morgan fingerprint density at radius 2 is 1.95 bits per heavy atom. The molecule has 0 spiro atoms. The molecule has 0 aromatic carbocycles. The fourth-order valence-corrected chi connectivity index (χ4v) is 3.13. The third-order valence-corrected chi connectivity index (χ3v) is 4.42. The van der Waals surface area contributed by atoms with Gasteiger partial charge >= 0.3 is 0 Å². The normalized spacial score (nSPS) is 24.8. The number of nitrogens with one attached hydrogen (secondary N) is 1. The second-order valence-electron chi connectivity index (χ2n) is 6.41. The first-order valence-electron chi connectivity index (χ1n) is 8.33. The van der Waals surface area contributed by atoms with Crippen molar-refractivity contribution in [1.82, 2.24) is 10.2 Å². The Bertz CT molecular complexity index is 229. The molecule has 0 radical (unpaired) electrons. The first kappa shape index (κ1) is 15.3. The van der Waals surface area contributed by atoms with Crippen molar-refractivity contribution in [1.29, 1.82) is 0 Å². The van der Waals surface area contributed by atoms with Crippen molar-refractivity contribution in [2.75, 3.05) is 39.9 Å². The molecule has 1 heterocycles. The zero-order valence-electron chi connectivity index (χ0n) is 12.7. The summed E-state index contributed by atoms with van der Waals surface area (Å²) >= 11 is 0. The highest BCUT2D eigenvalue weighted by molar-refractivity contribution is 4.80. The number of hydrogen-bond donors (Lipinski definition) is 1. The first-order chi connectivity index (χ1) is 9.38. The molecule has 1 aliphatic carbocycles. The molecule has 3 nitrogen and oxygen atoms in total. The van der Waals surface area contributed by atoms with Crippen LogP contribution in [0.5, 0.6) is 0 Å². The SMILES string of the molecule is COCC1CCCN(CCCCCCNC2CC2)C1. The molecule has 1 saturated heterocycles.